The summed E-state index contributed by atoms with van der Waals surface area (Å²) in [6.45, 7) is 15.5. The Labute approximate surface area is 500 Å². The number of carbonyl (C=O) groups is 2. The van der Waals surface area contributed by atoms with E-state index >= 15 is 0 Å². The van der Waals surface area contributed by atoms with Crippen LogP contribution in [0.3, 0.4) is 0 Å². The summed E-state index contributed by atoms with van der Waals surface area (Å²) < 4.78 is 55.3. The summed E-state index contributed by atoms with van der Waals surface area (Å²) in [6, 6.07) is 0. The summed E-state index contributed by atoms with van der Waals surface area (Å²) >= 11 is 0. The van der Waals surface area contributed by atoms with Gasteiger partial charge in [0.15, 0.2) is 31.3 Å². The molecule has 86 heavy (non-hydrogen) atoms. The van der Waals surface area contributed by atoms with E-state index < -0.39 is 217 Å². The molecule has 1 unspecified atom stereocenters. The fourth-order valence-electron chi connectivity index (χ4n) is 17.5. The molecule has 4 saturated heterocycles. The largest absolute Gasteiger partial charge is 0.479 e. The number of allylic oxidation sites excluding steroid dienone is 2. The first kappa shape index (κ1) is 67.9. The minimum absolute atomic E-state index is 0.128. The van der Waals surface area contributed by atoms with Crippen LogP contribution in [-0.2, 0) is 52.2 Å². The number of carbonyl (C=O) groups excluding carboxylic acids is 1. The van der Waals surface area contributed by atoms with Crippen molar-refractivity contribution in [2.45, 2.75) is 267 Å². The number of aliphatic hydroxyl groups is 14. The van der Waals surface area contributed by atoms with Gasteiger partial charge in [0.1, 0.15) is 91.6 Å². The molecule has 0 bridgehead atoms. The fourth-order valence-corrected chi connectivity index (χ4v) is 17.5. The van der Waals surface area contributed by atoms with Crippen LogP contribution in [0, 0.1) is 50.2 Å². The summed E-state index contributed by atoms with van der Waals surface area (Å²) in [5.41, 5.74) is -3.95. The van der Waals surface area contributed by atoms with Crippen molar-refractivity contribution in [1.82, 2.24) is 0 Å². The van der Waals surface area contributed by atoms with Crippen molar-refractivity contribution in [3.05, 3.63) is 23.8 Å². The highest BCUT2D eigenvalue weighted by Crippen LogP contribution is 2.76. The van der Waals surface area contributed by atoms with E-state index in [0.29, 0.717) is 44.9 Å². The second-order valence-electron chi connectivity index (χ2n) is 28.2. The van der Waals surface area contributed by atoms with Crippen LogP contribution in [0.5, 0.6) is 0 Å². The van der Waals surface area contributed by atoms with Gasteiger partial charge in [0.25, 0.3) is 0 Å². The molecule has 4 aliphatic heterocycles. The molecule has 9 aliphatic rings. The molecule has 9 rings (SSSR count). The van der Waals surface area contributed by atoms with Crippen molar-refractivity contribution in [3.63, 3.8) is 0 Å². The maximum absolute atomic E-state index is 13.4. The Kier molecular flexibility index (Phi) is 19.9. The minimum Gasteiger partial charge on any atom is -0.479 e. The lowest BCUT2D eigenvalue weighted by atomic mass is 9.32. The Morgan fingerprint density at radius 2 is 1.20 bits per heavy atom. The highest BCUT2D eigenvalue weighted by atomic mass is 16.8. The quantitative estimate of drug-likeness (QED) is 0.0357. The van der Waals surface area contributed by atoms with Crippen LogP contribution in [-0.4, -0.2) is 256 Å². The zero-order valence-corrected chi connectivity index (χ0v) is 50.5. The van der Waals surface area contributed by atoms with Gasteiger partial charge in [-0.3, -0.25) is 0 Å². The minimum atomic E-state index is -2.29. The smallest absolute Gasteiger partial charge is 0.335 e. The van der Waals surface area contributed by atoms with Crippen LogP contribution < -0.4 is 0 Å². The van der Waals surface area contributed by atoms with Gasteiger partial charge in [-0.25, -0.2) is 9.59 Å². The van der Waals surface area contributed by atoms with Gasteiger partial charge in [-0.2, -0.15) is 0 Å². The number of ether oxygens (including phenoxy) is 9. The maximum atomic E-state index is 13.4. The van der Waals surface area contributed by atoms with E-state index in [0.717, 1.165) is 12.0 Å². The van der Waals surface area contributed by atoms with E-state index in [1.165, 1.54) is 13.0 Å². The van der Waals surface area contributed by atoms with Gasteiger partial charge in [0.05, 0.1) is 49.7 Å². The molecular formula is C60H96O26. The van der Waals surface area contributed by atoms with E-state index in [4.69, 9.17) is 42.6 Å². The first-order valence-electron chi connectivity index (χ1n) is 30.6. The van der Waals surface area contributed by atoms with Crippen molar-refractivity contribution in [1.29, 1.82) is 0 Å². The number of unbranched alkanes of at least 4 members (excludes halogenated alkanes) is 1. The number of hydrogen-bond acceptors (Lipinski definition) is 25. The fraction of sp³-hybridized carbons (Fsp3) is 0.900. The number of carboxylic acid groups (broad SMARTS) is 1. The molecule has 26 nitrogen and oxygen atoms in total. The summed E-state index contributed by atoms with van der Waals surface area (Å²) in [5, 5.41) is 168. The summed E-state index contributed by atoms with van der Waals surface area (Å²) in [6.07, 6.45) is -32.6. The Morgan fingerprint density at radius 1 is 0.616 bits per heavy atom. The zero-order valence-electron chi connectivity index (χ0n) is 50.5. The number of fused-ring (bicyclic) bond motifs is 7. The number of aliphatic carboxylic acids is 1. The first-order chi connectivity index (χ1) is 40.2. The third kappa shape index (κ3) is 11.2. The average molecular weight is 1230 g/mol. The standard InChI is InChI=1S/C60H96O26/c1-10-11-12-13-34(64)81-33-21-55(3,4)20-27-26-14-15-31-57(7)18-17-32(56(5,6)30(57)16-19-58(31,8)59(26,9)48(74)49(75)60(27,33)24-63)82-54-47(86-52-42(72)39(69)36(66)28(22-61)79-52)44(43(73)45(84-54)50(76)77)83-53-46(40(70)37(67)29(23-62)80-53)85-51-41(71)38(68)35(65)25(2)78-51/h12-14,25,27-33,35-49,51-54,61-63,65-75H,10-11,15-24H2,1-9H3,(H,76,77)/b13-12-/t25-,27+,28-,29-,30+,31-,32+,33+,35+,36-,37+,38-,39+,40+,41+,42-,43+,44+,45+,46-,47-,48+,49-,51?,52+,53+,54-,57+,58-,59+,60-/m1/s1. The number of hydrogen-bond donors (Lipinski definition) is 15. The van der Waals surface area contributed by atoms with Crippen molar-refractivity contribution < 1.29 is 129 Å². The summed E-state index contributed by atoms with van der Waals surface area (Å²) in [7, 11) is 0. The molecule has 4 heterocycles. The van der Waals surface area contributed by atoms with E-state index in [1.54, 1.807) is 6.08 Å². The Morgan fingerprint density at radius 3 is 1.81 bits per heavy atom. The predicted molar refractivity (Wildman–Crippen MR) is 294 cm³/mol. The highest BCUT2D eigenvalue weighted by molar-refractivity contribution is 5.82. The highest BCUT2D eigenvalue weighted by Gasteiger charge is 2.75. The third-order valence-corrected chi connectivity index (χ3v) is 22.6. The monoisotopic (exact) mass is 1230 g/mol. The normalized spacial score (nSPS) is 51.8. The Bertz CT molecular complexity index is 2440. The van der Waals surface area contributed by atoms with Crippen LogP contribution in [0.25, 0.3) is 0 Å². The zero-order chi connectivity index (χ0) is 63.3. The van der Waals surface area contributed by atoms with Gasteiger partial charge in [-0.1, -0.05) is 79.5 Å². The van der Waals surface area contributed by atoms with Crippen molar-refractivity contribution >= 4 is 11.9 Å². The van der Waals surface area contributed by atoms with Gasteiger partial charge in [0, 0.05) is 11.5 Å². The SMILES string of the molecule is CCC/C=C\C(=O)O[C@H]1CC(C)(C)C[C@H]2C3=CC[C@@H]4[C@@]5(C)CC[C@H](O[C@@H]6O[C@H](C(=O)O)[C@@H](O)[C@H](O[C@@H]7O[C@H](CO)[C@H](O)[C@H](O)[C@H]7OC7O[C@H](C)[C@H](O)[C@@H](O)[C@@H]7O)[C@H]6O[C@@H]6O[C@H](CO)[C@@H](O)[C@H](O)[C@H]6O)C(C)(C)[C@@H]5CC[C@@]4(C)[C@]3(C)[C@@H](O)[C@@H](O)[C@@]12CO. The van der Waals surface area contributed by atoms with E-state index in [9.17, 15) is 86.2 Å². The molecule has 492 valence electrons. The number of aliphatic hydroxyl groups excluding tert-OH is 14. The van der Waals surface area contributed by atoms with Crippen LogP contribution in [0.2, 0.25) is 0 Å². The molecule has 0 spiro atoms. The molecule has 0 radical (unpaired) electrons. The molecule has 0 aromatic carbocycles. The van der Waals surface area contributed by atoms with Gasteiger partial charge in [0.2, 0.25) is 0 Å². The van der Waals surface area contributed by atoms with Crippen LogP contribution in [0.4, 0.5) is 0 Å². The molecule has 4 saturated carbocycles. The maximum Gasteiger partial charge on any atom is 0.335 e. The van der Waals surface area contributed by atoms with Crippen LogP contribution in [0.1, 0.15) is 120 Å². The average Bonchev–Trinajstić information content (AvgIpc) is 0.674. The Hall–Kier alpha value is -2.46. The van der Waals surface area contributed by atoms with Crippen molar-refractivity contribution in [2.75, 3.05) is 19.8 Å². The molecule has 15 N–H and O–H groups in total. The van der Waals surface area contributed by atoms with E-state index in [-0.39, 0.29) is 18.3 Å². The summed E-state index contributed by atoms with van der Waals surface area (Å²) in [5.74, 6) is -3.09. The molecule has 5 aliphatic carbocycles. The lowest BCUT2D eigenvalue weighted by Crippen LogP contribution is -2.74. The van der Waals surface area contributed by atoms with Gasteiger partial charge < -0.3 is 119 Å². The van der Waals surface area contributed by atoms with Crippen molar-refractivity contribution in [2.24, 2.45) is 50.2 Å². The van der Waals surface area contributed by atoms with E-state index in [2.05, 4.69) is 33.8 Å². The molecule has 31 atom stereocenters. The van der Waals surface area contributed by atoms with Crippen LogP contribution >= 0.6 is 0 Å². The lowest BCUT2D eigenvalue weighted by Gasteiger charge is -2.73. The van der Waals surface area contributed by atoms with Gasteiger partial charge in [-0.15, -0.1) is 0 Å². The third-order valence-electron chi connectivity index (χ3n) is 22.6. The summed E-state index contributed by atoms with van der Waals surface area (Å²) in [4.78, 5) is 26.6. The predicted octanol–water partition coefficient (Wildman–Crippen LogP) is -1.62. The van der Waals surface area contributed by atoms with E-state index in [1.807, 2.05) is 27.7 Å². The second kappa shape index (κ2) is 25.2. The molecule has 0 aromatic heterocycles. The van der Waals surface area contributed by atoms with Gasteiger partial charge in [-0.05, 0) is 97.7 Å². The second-order valence-corrected chi connectivity index (χ2v) is 28.2. The Balaban J connectivity index is 1.05. The molecule has 8 fully saturated rings. The molecule has 26 heteroatoms. The number of esters is 1. The molecule has 0 amide bonds. The number of rotatable bonds is 16. The molecule has 0 aromatic rings. The lowest BCUT2D eigenvalue weighted by molar-refractivity contribution is -0.406. The van der Waals surface area contributed by atoms with Gasteiger partial charge >= 0.3 is 11.9 Å². The molecular weight excluding hydrogens is 1140 g/mol. The first-order valence-corrected chi connectivity index (χ1v) is 30.6. The van der Waals surface area contributed by atoms with Crippen LogP contribution in [0.15, 0.2) is 23.8 Å². The van der Waals surface area contributed by atoms with Crippen molar-refractivity contribution in [3.8, 4) is 0 Å². The topological polar surface area (TPSA) is 421 Å². The number of carboxylic acids is 1.